The zero-order chi connectivity index (χ0) is 18.2. The van der Waals surface area contributed by atoms with Crippen LogP contribution in [0.4, 0.5) is 11.4 Å². The van der Waals surface area contributed by atoms with Crippen LogP contribution in [0, 0.1) is 0 Å². The van der Waals surface area contributed by atoms with E-state index in [1.165, 1.54) is 0 Å². The zero-order valence-corrected chi connectivity index (χ0v) is 14.9. The number of carbonyl (C=O) groups excluding carboxylic acids is 1. The maximum Gasteiger partial charge on any atom is 0.243 e. The monoisotopic (exact) mass is 366 g/mol. The zero-order valence-electron chi connectivity index (χ0n) is 14.1. The molecule has 1 amide bonds. The van der Waals surface area contributed by atoms with Crippen LogP contribution in [0.25, 0.3) is 0 Å². The molecule has 0 aliphatic heterocycles. The molecule has 5 heteroatoms. The third-order valence-corrected chi connectivity index (χ3v) is 4.03. The predicted molar refractivity (Wildman–Crippen MR) is 106 cm³/mol. The number of amides is 1. The number of carbonyl (C=O) groups is 1. The molecule has 0 aliphatic carbocycles. The lowest BCUT2D eigenvalue weighted by molar-refractivity contribution is -0.114. The molecule has 132 valence electrons. The van der Waals surface area contributed by atoms with E-state index in [-0.39, 0.29) is 12.5 Å². The van der Waals surface area contributed by atoms with Crippen LogP contribution in [0.15, 0.2) is 78.9 Å². The first-order valence-electron chi connectivity index (χ1n) is 8.26. The van der Waals surface area contributed by atoms with Gasteiger partial charge in [0.15, 0.2) is 0 Å². The molecule has 0 aromatic heterocycles. The van der Waals surface area contributed by atoms with Crippen molar-refractivity contribution in [2.45, 2.75) is 6.61 Å². The third kappa shape index (κ3) is 5.26. The Kier molecular flexibility index (Phi) is 6.12. The molecule has 0 unspecified atom stereocenters. The Bertz CT molecular complexity index is 851. The van der Waals surface area contributed by atoms with Crippen molar-refractivity contribution in [2.24, 2.45) is 0 Å². The Hall–Kier alpha value is -2.98. The normalized spacial score (nSPS) is 10.2. The van der Waals surface area contributed by atoms with E-state index in [0.717, 1.165) is 17.0 Å². The average molecular weight is 367 g/mol. The topological polar surface area (TPSA) is 50.4 Å². The Balaban J connectivity index is 1.47. The Morgan fingerprint density at radius 3 is 2.31 bits per heavy atom. The molecule has 0 heterocycles. The number of nitrogens with one attached hydrogen (secondary N) is 2. The summed E-state index contributed by atoms with van der Waals surface area (Å²) in [4.78, 5) is 12.0. The van der Waals surface area contributed by atoms with Crippen molar-refractivity contribution in [3.8, 4) is 5.75 Å². The van der Waals surface area contributed by atoms with Gasteiger partial charge in [-0.25, -0.2) is 0 Å². The van der Waals surface area contributed by atoms with E-state index < -0.39 is 0 Å². The number of ether oxygens (including phenoxy) is 1. The highest BCUT2D eigenvalue weighted by atomic mass is 35.5. The van der Waals surface area contributed by atoms with E-state index in [0.29, 0.717) is 17.3 Å². The van der Waals surface area contributed by atoms with Crippen molar-refractivity contribution in [2.75, 3.05) is 17.2 Å². The maximum absolute atomic E-state index is 12.0. The van der Waals surface area contributed by atoms with Gasteiger partial charge in [-0.2, -0.15) is 0 Å². The molecule has 0 atom stereocenters. The van der Waals surface area contributed by atoms with Gasteiger partial charge < -0.3 is 15.4 Å². The molecular formula is C21H19ClN2O2. The van der Waals surface area contributed by atoms with E-state index in [2.05, 4.69) is 10.6 Å². The van der Waals surface area contributed by atoms with Gasteiger partial charge in [0, 0.05) is 5.69 Å². The smallest absolute Gasteiger partial charge is 0.243 e. The molecule has 2 N–H and O–H groups in total. The molecule has 3 rings (SSSR count). The molecule has 0 bridgehead atoms. The predicted octanol–water partition coefficient (Wildman–Crippen LogP) is 4.97. The minimum absolute atomic E-state index is 0.135. The molecule has 26 heavy (non-hydrogen) atoms. The summed E-state index contributed by atoms with van der Waals surface area (Å²) in [6, 6.07) is 24.6. The molecule has 0 fully saturated rings. The summed E-state index contributed by atoms with van der Waals surface area (Å²) in [7, 11) is 0. The highest BCUT2D eigenvalue weighted by Gasteiger charge is 2.04. The Morgan fingerprint density at radius 2 is 1.58 bits per heavy atom. The van der Waals surface area contributed by atoms with Crippen molar-refractivity contribution in [1.82, 2.24) is 0 Å². The van der Waals surface area contributed by atoms with Crippen molar-refractivity contribution in [3.05, 3.63) is 89.4 Å². The Labute approximate surface area is 157 Å². The first-order valence-corrected chi connectivity index (χ1v) is 8.63. The van der Waals surface area contributed by atoms with Gasteiger partial charge in [0.1, 0.15) is 12.4 Å². The van der Waals surface area contributed by atoms with Crippen molar-refractivity contribution >= 4 is 28.9 Å². The number of benzene rings is 3. The number of anilines is 2. The molecular weight excluding hydrogens is 348 g/mol. The van der Waals surface area contributed by atoms with Gasteiger partial charge in [-0.05, 0) is 42.0 Å². The van der Waals surface area contributed by atoms with Crippen LogP contribution in [-0.4, -0.2) is 12.5 Å². The lowest BCUT2D eigenvalue weighted by Gasteiger charge is -2.10. The molecule has 3 aromatic rings. The van der Waals surface area contributed by atoms with Gasteiger partial charge in [0.25, 0.3) is 0 Å². The van der Waals surface area contributed by atoms with Crippen molar-refractivity contribution in [1.29, 1.82) is 0 Å². The van der Waals surface area contributed by atoms with Crippen LogP contribution >= 0.6 is 11.6 Å². The molecule has 3 aromatic carbocycles. The first-order chi connectivity index (χ1) is 12.7. The van der Waals surface area contributed by atoms with Gasteiger partial charge in [-0.3, -0.25) is 4.79 Å². The summed E-state index contributed by atoms with van der Waals surface area (Å²) in [6.45, 7) is 0.643. The third-order valence-electron chi connectivity index (χ3n) is 3.70. The van der Waals surface area contributed by atoms with E-state index in [1.807, 2.05) is 72.8 Å². The standard InChI is InChI=1S/C21H19ClN2O2/c22-19-8-4-5-9-20(19)23-14-21(25)24-17-10-12-18(13-11-17)26-15-16-6-2-1-3-7-16/h1-13,23H,14-15H2,(H,24,25). The fraction of sp³-hybridized carbons (Fsp3) is 0.0952. The van der Waals surface area contributed by atoms with Crippen molar-refractivity contribution < 1.29 is 9.53 Å². The van der Waals surface area contributed by atoms with Crippen molar-refractivity contribution in [3.63, 3.8) is 0 Å². The summed E-state index contributed by atoms with van der Waals surface area (Å²) < 4.78 is 5.73. The van der Waals surface area contributed by atoms with E-state index in [9.17, 15) is 4.79 Å². The van der Waals surface area contributed by atoms with Gasteiger partial charge in [-0.15, -0.1) is 0 Å². The van der Waals surface area contributed by atoms with Gasteiger partial charge in [-0.1, -0.05) is 54.1 Å². The van der Waals surface area contributed by atoms with E-state index in [1.54, 1.807) is 6.07 Å². The second-order valence-electron chi connectivity index (χ2n) is 5.68. The first kappa shape index (κ1) is 17.8. The van der Waals surface area contributed by atoms with Gasteiger partial charge >= 0.3 is 0 Å². The highest BCUT2D eigenvalue weighted by molar-refractivity contribution is 6.33. The number of hydrogen-bond donors (Lipinski definition) is 2. The second-order valence-corrected chi connectivity index (χ2v) is 6.09. The second kappa shape index (κ2) is 8.92. The van der Waals surface area contributed by atoms with E-state index in [4.69, 9.17) is 16.3 Å². The summed E-state index contributed by atoms with van der Waals surface area (Å²) in [5.74, 6) is 0.601. The highest BCUT2D eigenvalue weighted by Crippen LogP contribution is 2.20. The minimum atomic E-state index is -0.150. The molecule has 0 aliphatic rings. The fourth-order valence-electron chi connectivity index (χ4n) is 2.36. The fourth-order valence-corrected chi connectivity index (χ4v) is 2.56. The molecule has 4 nitrogen and oxygen atoms in total. The van der Waals surface area contributed by atoms with Crippen LogP contribution in [-0.2, 0) is 11.4 Å². The molecule has 0 saturated heterocycles. The number of para-hydroxylation sites is 1. The van der Waals surface area contributed by atoms with Crippen LogP contribution in [0.5, 0.6) is 5.75 Å². The van der Waals surface area contributed by atoms with Crippen LogP contribution in [0.2, 0.25) is 5.02 Å². The lowest BCUT2D eigenvalue weighted by atomic mass is 10.2. The maximum atomic E-state index is 12.0. The lowest BCUT2D eigenvalue weighted by Crippen LogP contribution is -2.21. The molecule has 0 spiro atoms. The van der Waals surface area contributed by atoms with Gasteiger partial charge in [0.2, 0.25) is 5.91 Å². The van der Waals surface area contributed by atoms with Crippen LogP contribution < -0.4 is 15.4 Å². The minimum Gasteiger partial charge on any atom is -0.489 e. The molecule has 0 radical (unpaired) electrons. The molecule has 0 saturated carbocycles. The summed E-state index contributed by atoms with van der Waals surface area (Å²) in [5.41, 5.74) is 2.55. The van der Waals surface area contributed by atoms with Gasteiger partial charge in [0.05, 0.1) is 17.3 Å². The SMILES string of the molecule is O=C(CNc1ccccc1Cl)Nc1ccc(OCc2ccccc2)cc1. The quantitative estimate of drug-likeness (QED) is 0.620. The summed E-state index contributed by atoms with van der Waals surface area (Å²) in [6.07, 6.45) is 0. The summed E-state index contributed by atoms with van der Waals surface area (Å²) in [5, 5.41) is 6.43. The summed E-state index contributed by atoms with van der Waals surface area (Å²) >= 11 is 6.05. The average Bonchev–Trinajstić information content (AvgIpc) is 2.68. The van der Waals surface area contributed by atoms with E-state index >= 15 is 0 Å². The van der Waals surface area contributed by atoms with Crippen LogP contribution in [0.1, 0.15) is 5.56 Å². The Morgan fingerprint density at radius 1 is 0.885 bits per heavy atom. The largest absolute Gasteiger partial charge is 0.489 e. The number of halogens is 1. The number of rotatable bonds is 7. The number of hydrogen-bond acceptors (Lipinski definition) is 3. The van der Waals surface area contributed by atoms with Crippen LogP contribution in [0.3, 0.4) is 0 Å².